The lowest BCUT2D eigenvalue weighted by molar-refractivity contribution is -0.172. The van der Waals surface area contributed by atoms with E-state index in [2.05, 4.69) is 20.8 Å². The average Bonchev–Trinajstić information content (AvgIpc) is 2.22. The van der Waals surface area contributed by atoms with E-state index in [0.29, 0.717) is 17.8 Å². The Balaban J connectivity index is 2.38. The summed E-state index contributed by atoms with van der Waals surface area (Å²) in [6.07, 6.45) is 6.15. The van der Waals surface area contributed by atoms with Crippen molar-refractivity contribution in [1.82, 2.24) is 0 Å². The lowest BCUT2D eigenvalue weighted by atomic mass is 9.45. The van der Waals surface area contributed by atoms with Gasteiger partial charge in [-0.1, -0.05) is 27.2 Å². The molecule has 0 bridgehead atoms. The molecule has 19 heavy (non-hydrogen) atoms. The first-order valence-electron chi connectivity index (χ1n) is 7.81. The minimum atomic E-state index is -0.676. The molecule has 0 aromatic carbocycles. The first kappa shape index (κ1) is 15.0. The highest BCUT2D eigenvalue weighted by Gasteiger charge is 2.57. The Morgan fingerprint density at radius 3 is 2.37 bits per heavy atom. The van der Waals surface area contributed by atoms with Gasteiger partial charge in [0.05, 0.1) is 5.60 Å². The third-order valence-electron chi connectivity index (χ3n) is 6.25. The summed E-state index contributed by atoms with van der Waals surface area (Å²) in [7, 11) is 0. The predicted octanol–water partition coefficient (Wildman–Crippen LogP) is 3.96. The minimum absolute atomic E-state index is 0.120. The highest BCUT2D eigenvalue weighted by Crippen LogP contribution is 2.62. The van der Waals surface area contributed by atoms with Crippen molar-refractivity contribution in [3.05, 3.63) is 0 Å². The van der Waals surface area contributed by atoms with Crippen molar-refractivity contribution in [1.29, 1.82) is 0 Å². The predicted molar refractivity (Wildman–Crippen MR) is 77.9 cm³/mol. The van der Waals surface area contributed by atoms with E-state index in [1.54, 1.807) is 6.92 Å². The Morgan fingerprint density at radius 1 is 1.16 bits per heavy atom. The maximum absolute atomic E-state index is 11.7. The highest BCUT2D eigenvalue weighted by molar-refractivity contribution is 5.76. The SMILES string of the molecule is CC(=O)C[C@@H]1[C@@]2(C)CCCC(C)(C)[C@H]2CC[C@@]1(C)O. The average molecular weight is 266 g/mol. The fourth-order valence-corrected chi connectivity index (χ4v) is 5.37. The van der Waals surface area contributed by atoms with Crippen LogP contribution in [0.5, 0.6) is 0 Å². The molecule has 4 atom stereocenters. The van der Waals surface area contributed by atoms with Gasteiger partial charge in [0.2, 0.25) is 0 Å². The topological polar surface area (TPSA) is 37.3 Å². The second-order valence-electron chi connectivity index (χ2n) is 8.26. The van der Waals surface area contributed by atoms with E-state index >= 15 is 0 Å². The molecule has 0 aliphatic heterocycles. The molecule has 0 saturated heterocycles. The van der Waals surface area contributed by atoms with E-state index in [0.717, 1.165) is 19.3 Å². The zero-order valence-electron chi connectivity index (χ0n) is 13.3. The van der Waals surface area contributed by atoms with Crippen molar-refractivity contribution in [2.45, 2.75) is 78.7 Å². The summed E-state index contributed by atoms with van der Waals surface area (Å²) in [4.78, 5) is 11.7. The Bertz CT molecular complexity index is 369. The maximum atomic E-state index is 11.7. The van der Waals surface area contributed by atoms with Gasteiger partial charge in [0.25, 0.3) is 0 Å². The lowest BCUT2D eigenvalue weighted by Gasteiger charge is -2.61. The highest BCUT2D eigenvalue weighted by atomic mass is 16.3. The molecule has 110 valence electrons. The van der Waals surface area contributed by atoms with E-state index in [1.165, 1.54) is 12.8 Å². The number of Topliss-reactive ketones (excluding diaryl/α,β-unsaturated/α-hetero) is 1. The van der Waals surface area contributed by atoms with Crippen LogP contribution in [0.2, 0.25) is 0 Å². The first-order chi connectivity index (χ1) is 8.59. The quantitative estimate of drug-likeness (QED) is 0.821. The normalized spacial score (nSPS) is 45.6. The molecule has 0 radical (unpaired) electrons. The summed E-state index contributed by atoms with van der Waals surface area (Å²) in [6.45, 7) is 10.7. The Kier molecular flexibility index (Phi) is 3.62. The Hall–Kier alpha value is -0.370. The van der Waals surface area contributed by atoms with Gasteiger partial charge in [-0.2, -0.15) is 0 Å². The van der Waals surface area contributed by atoms with Crippen LogP contribution in [-0.2, 0) is 4.79 Å². The molecule has 1 N–H and O–H groups in total. The van der Waals surface area contributed by atoms with Gasteiger partial charge >= 0.3 is 0 Å². The zero-order chi connectivity index (χ0) is 14.5. The van der Waals surface area contributed by atoms with E-state index < -0.39 is 5.60 Å². The first-order valence-corrected chi connectivity index (χ1v) is 7.81. The van der Waals surface area contributed by atoms with Gasteiger partial charge in [0.15, 0.2) is 0 Å². The molecule has 2 nitrogen and oxygen atoms in total. The second kappa shape index (κ2) is 4.58. The molecule has 0 unspecified atom stereocenters. The summed E-state index contributed by atoms with van der Waals surface area (Å²) < 4.78 is 0. The van der Waals surface area contributed by atoms with Crippen LogP contribution in [0.15, 0.2) is 0 Å². The third-order valence-corrected chi connectivity index (χ3v) is 6.25. The van der Waals surface area contributed by atoms with Crippen molar-refractivity contribution in [2.24, 2.45) is 22.7 Å². The van der Waals surface area contributed by atoms with Gasteiger partial charge in [-0.25, -0.2) is 0 Å². The van der Waals surface area contributed by atoms with Gasteiger partial charge in [0.1, 0.15) is 5.78 Å². The van der Waals surface area contributed by atoms with Crippen LogP contribution >= 0.6 is 0 Å². The van der Waals surface area contributed by atoms with E-state index in [9.17, 15) is 9.90 Å². The van der Waals surface area contributed by atoms with Crippen LogP contribution in [0.25, 0.3) is 0 Å². The molecular weight excluding hydrogens is 236 g/mol. The minimum Gasteiger partial charge on any atom is -0.390 e. The monoisotopic (exact) mass is 266 g/mol. The summed E-state index contributed by atoms with van der Waals surface area (Å²) in [5.74, 6) is 0.977. The number of ketones is 1. The number of carbonyl (C=O) groups excluding carboxylic acids is 1. The third kappa shape index (κ3) is 2.49. The van der Waals surface area contributed by atoms with E-state index in [4.69, 9.17) is 0 Å². The molecule has 0 aromatic rings. The smallest absolute Gasteiger partial charge is 0.130 e. The zero-order valence-corrected chi connectivity index (χ0v) is 13.3. The summed E-state index contributed by atoms with van der Waals surface area (Å²) >= 11 is 0. The Morgan fingerprint density at radius 2 is 1.79 bits per heavy atom. The molecule has 0 spiro atoms. The van der Waals surface area contributed by atoms with Crippen LogP contribution in [0.3, 0.4) is 0 Å². The largest absolute Gasteiger partial charge is 0.390 e. The van der Waals surface area contributed by atoms with Crippen LogP contribution in [-0.4, -0.2) is 16.5 Å². The Labute approximate surface area is 118 Å². The lowest BCUT2D eigenvalue weighted by Crippen LogP contribution is -2.57. The van der Waals surface area contributed by atoms with Crippen molar-refractivity contribution >= 4 is 5.78 Å². The number of carbonyl (C=O) groups is 1. The van der Waals surface area contributed by atoms with Crippen LogP contribution in [0.1, 0.15) is 73.1 Å². The van der Waals surface area contributed by atoms with Crippen LogP contribution < -0.4 is 0 Å². The van der Waals surface area contributed by atoms with Gasteiger partial charge in [0, 0.05) is 6.42 Å². The summed E-state index contributed by atoms with van der Waals surface area (Å²) in [6, 6.07) is 0. The van der Waals surface area contributed by atoms with Crippen molar-refractivity contribution in [3.63, 3.8) is 0 Å². The number of hydrogen-bond donors (Lipinski definition) is 1. The number of aliphatic hydroxyl groups is 1. The fourth-order valence-electron chi connectivity index (χ4n) is 5.37. The van der Waals surface area contributed by atoms with Crippen LogP contribution in [0.4, 0.5) is 0 Å². The van der Waals surface area contributed by atoms with Gasteiger partial charge < -0.3 is 9.90 Å². The molecule has 0 heterocycles. The number of rotatable bonds is 2. The molecule has 2 aliphatic rings. The van der Waals surface area contributed by atoms with Crippen LogP contribution in [0, 0.1) is 22.7 Å². The van der Waals surface area contributed by atoms with Crippen molar-refractivity contribution in [3.8, 4) is 0 Å². The van der Waals surface area contributed by atoms with Crippen molar-refractivity contribution < 1.29 is 9.90 Å². The standard InChI is InChI=1S/C17H30O2/c1-12(18)11-14-16(4)9-6-8-15(2,3)13(16)7-10-17(14,5)19/h13-14,19H,6-11H2,1-5H3/t13-,14-,16+,17-/m1/s1. The number of fused-ring (bicyclic) bond motifs is 1. The molecule has 2 saturated carbocycles. The molecule has 0 amide bonds. The van der Waals surface area contributed by atoms with Gasteiger partial charge in [-0.15, -0.1) is 0 Å². The van der Waals surface area contributed by atoms with E-state index in [-0.39, 0.29) is 17.1 Å². The maximum Gasteiger partial charge on any atom is 0.130 e. The summed E-state index contributed by atoms with van der Waals surface area (Å²) in [5, 5.41) is 10.8. The number of hydrogen-bond acceptors (Lipinski definition) is 2. The summed E-state index contributed by atoms with van der Waals surface area (Å²) in [5.41, 5.74) is -0.210. The fraction of sp³-hybridized carbons (Fsp3) is 0.941. The second-order valence-corrected chi connectivity index (χ2v) is 8.26. The molecule has 0 aromatic heterocycles. The molecular formula is C17H30O2. The van der Waals surface area contributed by atoms with Gasteiger partial charge in [-0.3, -0.25) is 0 Å². The molecule has 2 aliphatic carbocycles. The van der Waals surface area contributed by atoms with E-state index in [1.807, 2.05) is 6.92 Å². The van der Waals surface area contributed by atoms with Crippen molar-refractivity contribution in [2.75, 3.05) is 0 Å². The van der Waals surface area contributed by atoms with Gasteiger partial charge in [-0.05, 0) is 62.2 Å². The molecule has 2 heteroatoms. The molecule has 2 fully saturated rings. The molecule has 2 rings (SSSR count).